The Balaban J connectivity index is 2.34. The molecule has 0 fully saturated rings. The minimum absolute atomic E-state index is 0.251. The highest BCUT2D eigenvalue weighted by Gasteiger charge is 2.09. The molecule has 2 aromatic heterocycles. The number of hydrogen-bond donors (Lipinski definition) is 0. The van der Waals surface area contributed by atoms with Gasteiger partial charge in [-0.05, 0) is 13.0 Å². The van der Waals surface area contributed by atoms with Gasteiger partial charge >= 0.3 is 5.97 Å². The molecule has 2 rings (SSSR count). The van der Waals surface area contributed by atoms with Gasteiger partial charge in [0.2, 0.25) is 0 Å². The molecule has 0 amide bonds. The molecular weight excluding hydrogens is 186 g/mol. The summed E-state index contributed by atoms with van der Waals surface area (Å²) in [6.45, 7) is 2.22. The van der Waals surface area contributed by atoms with Gasteiger partial charge in [-0.25, -0.2) is 4.79 Å². The first kappa shape index (κ1) is 8.31. The van der Waals surface area contributed by atoms with Crippen LogP contribution >= 0.6 is 11.3 Å². The van der Waals surface area contributed by atoms with E-state index in [0.717, 1.165) is 4.83 Å². The number of rotatable bonds is 2. The van der Waals surface area contributed by atoms with E-state index >= 15 is 0 Å². The van der Waals surface area contributed by atoms with Gasteiger partial charge in [-0.15, -0.1) is 11.3 Å². The summed E-state index contributed by atoms with van der Waals surface area (Å²) in [6.07, 6.45) is 3.70. The van der Waals surface area contributed by atoms with Crippen molar-refractivity contribution >= 4 is 22.1 Å². The number of esters is 1. The fourth-order valence-electron chi connectivity index (χ4n) is 1.16. The normalized spacial score (nSPS) is 10.5. The highest BCUT2D eigenvalue weighted by Crippen LogP contribution is 2.16. The lowest BCUT2D eigenvalue weighted by molar-refractivity contribution is 0.0526. The summed E-state index contributed by atoms with van der Waals surface area (Å²) in [7, 11) is 0. The van der Waals surface area contributed by atoms with E-state index in [4.69, 9.17) is 4.74 Å². The highest BCUT2D eigenvalue weighted by atomic mass is 32.1. The third-order valence-electron chi connectivity index (χ3n) is 1.73. The zero-order valence-electron chi connectivity index (χ0n) is 7.19. The lowest BCUT2D eigenvalue weighted by Crippen LogP contribution is -2.02. The summed E-state index contributed by atoms with van der Waals surface area (Å²) in [4.78, 5) is 12.3. The van der Waals surface area contributed by atoms with Crippen molar-refractivity contribution in [1.82, 2.24) is 4.40 Å². The van der Waals surface area contributed by atoms with Gasteiger partial charge in [-0.2, -0.15) is 0 Å². The van der Waals surface area contributed by atoms with E-state index in [9.17, 15) is 4.79 Å². The molecule has 2 heterocycles. The Bertz CT molecular complexity index is 401. The Labute approximate surface area is 79.6 Å². The molecule has 13 heavy (non-hydrogen) atoms. The van der Waals surface area contributed by atoms with Gasteiger partial charge in [0.25, 0.3) is 0 Å². The maximum atomic E-state index is 11.3. The molecule has 0 spiro atoms. The molecule has 2 aromatic rings. The van der Waals surface area contributed by atoms with Crippen molar-refractivity contribution in [3.05, 3.63) is 29.4 Å². The third kappa shape index (κ3) is 1.45. The van der Waals surface area contributed by atoms with Crippen molar-refractivity contribution in [2.75, 3.05) is 6.61 Å². The first-order valence-electron chi connectivity index (χ1n) is 4.03. The minimum atomic E-state index is -0.251. The zero-order valence-corrected chi connectivity index (χ0v) is 8.00. The lowest BCUT2D eigenvalue weighted by atomic mass is 10.3. The van der Waals surface area contributed by atoms with E-state index in [0.29, 0.717) is 12.2 Å². The average molecular weight is 195 g/mol. The van der Waals surface area contributed by atoms with Gasteiger partial charge in [0, 0.05) is 17.8 Å². The van der Waals surface area contributed by atoms with Gasteiger partial charge in [0.05, 0.1) is 17.0 Å². The summed E-state index contributed by atoms with van der Waals surface area (Å²) in [5.74, 6) is -0.251. The molecule has 0 N–H and O–H groups in total. The second-order valence-electron chi connectivity index (χ2n) is 2.60. The molecule has 0 aliphatic rings. The quantitative estimate of drug-likeness (QED) is 0.687. The Morgan fingerprint density at radius 1 is 1.69 bits per heavy atom. The largest absolute Gasteiger partial charge is 0.462 e. The van der Waals surface area contributed by atoms with E-state index in [1.54, 1.807) is 24.5 Å². The molecule has 0 aromatic carbocycles. The maximum absolute atomic E-state index is 11.3. The summed E-state index contributed by atoms with van der Waals surface area (Å²) < 4.78 is 6.79. The van der Waals surface area contributed by atoms with Gasteiger partial charge in [-0.1, -0.05) is 0 Å². The van der Waals surface area contributed by atoms with Gasteiger partial charge in [0.15, 0.2) is 0 Å². The van der Waals surface area contributed by atoms with Crippen LogP contribution in [0.2, 0.25) is 0 Å². The molecule has 0 atom stereocenters. The van der Waals surface area contributed by atoms with Crippen LogP contribution in [0.1, 0.15) is 17.3 Å². The fraction of sp³-hybridized carbons (Fsp3) is 0.222. The average Bonchev–Trinajstić information content (AvgIpc) is 2.61. The SMILES string of the molecule is CCOC(=O)c1cc2sccn2c1. The molecule has 0 saturated heterocycles. The third-order valence-corrected chi connectivity index (χ3v) is 2.56. The van der Waals surface area contributed by atoms with Gasteiger partial charge in [0.1, 0.15) is 0 Å². The van der Waals surface area contributed by atoms with E-state index in [-0.39, 0.29) is 5.97 Å². The van der Waals surface area contributed by atoms with Crippen LogP contribution in [-0.4, -0.2) is 17.0 Å². The summed E-state index contributed by atoms with van der Waals surface area (Å²) in [5, 5.41) is 1.98. The van der Waals surface area contributed by atoms with Crippen LogP contribution in [0, 0.1) is 0 Å². The lowest BCUT2D eigenvalue weighted by Gasteiger charge is -1.96. The minimum Gasteiger partial charge on any atom is -0.462 e. The second-order valence-corrected chi connectivity index (χ2v) is 3.52. The van der Waals surface area contributed by atoms with Crippen molar-refractivity contribution in [1.29, 1.82) is 0 Å². The van der Waals surface area contributed by atoms with Crippen LogP contribution in [0.4, 0.5) is 0 Å². The van der Waals surface area contributed by atoms with Crippen LogP contribution in [0.25, 0.3) is 4.83 Å². The van der Waals surface area contributed by atoms with Crippen LogP contribution in [0.3, 0.4) is 0 Å². The van der Waals surface area contributed by atoms with E-state index in [2.05, 4.69) is 0 Å². The number of hydrogen-bond acceptors (Lipinski definition) is 3. The molecule has 0 unspecified atom stereocenters. The molecule has 0 saturated carbocycles. The van der Waals surface area contributed by atoms with Crippen molar-refractivity contribution in [2.24, 2.45) is 0 Å². The van der Waals surface area contributed by atoms with Crippen LogP contribution in [0.15, 0.2) is 23.8 Å². The summed E-state index contributed by atoms with van der Waals surface area (Å²) in [5.41, 5.74) is 0.619. The molecular formula is C9H9NO2S. The van der Waals surface area contributed by atoms with Crippen molar-refractivity contribution in [3.63, 3.8) is 0 Å². The molecule has 0 bridgehead atoms. The summed E-state index contributed by atoms with van der Waals surface area (Å²) >= 11 is 1.60. The van der Waals surface area contributed by atoms with Crippen LogP contribution in [-0.2, 0) is 4.74 Å². The topological polar surface area (TPSA) is 30.7 Å². The first-order valence-corrected chi connectivity index (χ1v) is 4.91. The Kier molecular flexibility index (Phi) is 2.06. The van der Waals surface area contributed by atoms with Gasteiger partial charge in [-0.3, -0.25) is 0 Å². The highest BCUT2D eigenvalue weighted by molar-refractivity contribution is 7.15. The Morgan fingerprint density at radius 3 is 3.23 bits per heavy atom. The fourth-order valence-corrected chi connectivity index (χ4v) is 1.92. The first-order chi connectivity index (χ1) is 6.31. The van der Waals surface area contributed by atoms with Crippen molar-refractivity contribution < 1.29 is 9.53 Å². The smallest absolute Gasteiger partial charge is 0.339 e. The standard InChI is InChI=1S/C9H9NO2S/c1-2-12-9(11)7-5-8-10(6-7)3-4-13-8/h3-6H,2H2,1H3. The zero-order chi connectivity index (χ0) is 9.26. The molecule has 0 radical (unpaired) electrons. The van der Waals surface area contributed by atoms with E-state index in [1.165, 1.54) is 0 Å². The number of carbonyl (C=O) groups is 1. The predicted octanol–water partition coefficient (Wildman–Crippen LogP) is 2.18. The number of ether oxygens (including phenoxy) is 1. The molecule has 4 heteroatoms. The molecule has 0 aliphatic carbocycles. The van der Waals surface area contributed by atoms with E-state index in [1.807, 2.05) is 22.0 Å². The molecule has 0 aliphatic heterocycles. The van der Waals surface area contributed by atoms with Crippen LogP contribution < -0.4 is 0 Å². The monoisotopic (exact) mass is 195 g/mol. The molecule has 3 nitrogen and oxygen atoms in total. The number of thiazole rings is 1. The summed E-state index contributed by atoms with van der Waals surface area (Å²) in [6, 6.07) is 1.84. The van der Waals surface area contributed by atoms with Gasteiger partial charge < -0.3 is 9.14 Å². The number of aromatic nitrogens is 1. The van der Waals surface area contributed by atoms with Crippen molar-refractivity contribution in [2.45, 2.75) is 6.92 Å². The second kappa shape index (κ2) is 3.22. The number of fused-ring (bicyclic) bond motifs is 1. The maximum Gasteiger partial charge on any atom is 0.339 e. The molecule has 68 valence electrons. The number of nitrogens with zero attached hydrogens (tertiary/aromatic N) is 1. The van der Waals surface area contributed by atoms with Crippen LogP contribution in [0.5, 0.6) is 0 Å². The Morgan fingerprint density at radius 2 is 2.54 bits per heavy atom. The van der Waals surface area contributed by atoms with Crippen molar-refractivity contribution in [3.8, 4) is 0 Å². The Hall–Kier alpha value is -1.29. The number of carbonyl (C=O) groups excluding carboxylic acids is 1. The predicted molar refractivity (Wildman–Crippen MR) is 51.2 cm³/mol. The van der Waals surface area contributed by atoms with E-state index < -0.39 is 0 Å².